The van der Waals surface area contributed by atoms with Crippen LogP contribution in [0, 0.1) is 5.92 Å². The second kappa shape index (κ2) is 8.79. The Balaban J connectivity index is 1.76. The van der Waals surface area contributed by atoms with Crippen molar-refractivity contribution in [2.45, 2.75) is 51.7 Å². The molecule has 1 saturated carbocycles. The second-order valence-corrected chi connectivity index (χ2v) is 8.53. The predicted molar refractivity (Wildman–Crippen MR) is 116 cm³/mol. The van der Waals surface area contributed by atoms with Crippen molar-refractivity contribution >= 4 is 23.0 Å². The average molecular weight is 420 g/mol. The van der Waals surface area contributed by atoms with Gasteiger partial charge in [0.2, 0.25) is 0 Å². The SMILES string of the molecule is CC(C)NC(=O)N[C@@H](Cc1ccccc1)c1nc2cc(C(=O)[O-])ccc2n1CC1CC1. The lowest BCUT2D eigenvalue weighted by atomic mass is 10.1. The summed E-state index contributed by atoms with van der Waals surface area (Å²) in [6.07, 6.45) is 2.91. The van der Waals surface area contributed by atoms with Crippen LogP contribution in [0.15, 0.2) is 48.5 Å². The lowest BCUT2D eigenvalue weighted by Crippen LogP contribution is -2.42. The molecule has 1 heterocycles. The van der Waals surface area contributed by atoms with Crippen molar-refractivity contribution < 1.29 is 14.7 Å². The number of benzene rings is 2. The number of nitrogens with one attached hydrogen (secondary N) is 2. The van der Waals surface area contributed by atoms with Gasteiger partial charge < -0.3 is 25.1 Å². The summed E-state index contributed by atoms with van der Waals surface area (Å²) in [6.45, 7) is 4.63. The highest BCUT2D eigenvalue weighted by molar-refractivity contribution is 5.91. The van der Waals surface area contributed by atoms with E-state index in [4.69, 9.17) is 4.98 Å². The number of carbonyl (C=O) groups excluding carboxylic acids is 2. The highest BCUT2D eigenvalue weighted by atomic mass is 16.4. The number of carbonyl (C=O) groups is 2. The Hall–Kier alpha value is -3.35. The number of fused-ring (bicyclic) bond motifs is 1. The molecule has 0 radical (unpaired) electrons. The second-order valence-electron chi connectivity index (χ2n) is 8.53. The van der Waals surface area contributed by atoms with Crippen LogP contribution in [0.3, 0.4) is 0 Å². The molecular formula is C24H27N4O3-. The quantitative estimate of drug-likeness (QED) is 0.586. The molecule has 1 aliphatic carbocycles. The molecule has 31 heavy (non-hydrogen) atoms. The van der Waals surface area contributed by atoms with Crippen LogP contribution in [0.2, 0.25) is 0 Å². The van der Waals surface area contributed by atoms with E-state index in [2.05, 4.69) is 15.2 Å². The van der Waals surface area contributed by atoms with Gasteiger partial charge in [0.1, 0.15) is 5.82 Å². The Morgan fingerprint density at radius 1 is 1.13 bits per heavy atom. The number of imidazole rings is 1. The van der Waals surface area contributed by atoms with Gasteiger partial charge in [-0.25, -0.2) is 9.78 Å². The molecule has 3 aromatic rings. The fourth-order valence-electron chi connectivity index (χ4n) is 3.81. The van der Waals surface area contributed by atoms with Gasteiger partial charge in [-0.15, -0.1) is 0 Å². The van der Waals surface area contributed by atoms with E-state index in [0.29, 0.717) is 17.9 Å². The summed E-state index contributed by atoms with van der Waals surface area (Å²) in [7, 11) is 0. The number of amides is 2. The number of aromatic nitrogens is 2. The number of aromatic carboxylic acids is 1. The van der Waals surface area contributed by atoms with E-state index in [0.717, 1.165) is 23.4 Å². The molecule has 2 aromatic carbocycles. The summed E-state index contributed by atoms with van der Waals surface area (Å²) in [6, 6.07) is 14.2. The summed E-state index contributed by atoms with van der Waals surface area (Å²) >= 11 is 0. The molecule has 0 spiro atoms. The maximum Gasteiger partial charge on any atom is 0.315 e. The van der Waals surface area contributed by atoms with E-state index in [1.807, 2.05) is 44.2 Å². The van der Waals surface area contributed by atoms with Crippen LogP contribution in [0.25, 0.3) is 11.0 Å². The van der Waals surface area contributed by atoms with E-state index >= 15 is 0 Å². The molecule has 7 heteroatoms. The lowest BCUT2D eigenvalue weighted by molar-refractivity contribution is -0.255. The van der Waals surface area contributed by atoms with Crippen molar-refractivity contribution in [3.63, 3.8) is 0 Å². The van der Waals surface area contributed by atoms with Gasteiger partial charge in [0.25, 0.3) is 0 Å². The number of hydrogen-bond acceptors (Lipinski definition) is 4. The van der Waals surface area contributed by atoms with Crippen molar-refractivity contribution in [1.82, 2.24) is 20.2 Å². The van der Waals surface area contributed by atoms with Crippen molar-refractivity contribution in [1.29, 1.82) is 0 Å². The minimum absolute atomic E-state index is 0.00767. The van der Waals surface area contributed by atoms with E-state index in [1.165, 1.54) is 12.8 Å². The van der Waals surface area contributed by atoms with Crippen LogP contribution in [0.5, 0.6) is 0 Å². The largest absolute Gasteiger partial charge is 0.545 e. The maximum atomic E-state index is 12.6. The lowest BCUT2D eigenvalue weighted by Gasteiger charge is -2.21. The van der Waals surface area contributed by atoms with Gasteiger partial charge >= 0.3 is 6.03 Å². The fraction of sp³-hybridized carbons (Fsp3) is 0.375. The third kappa shape index (κ3) is 5.05. The molecule has 1 atom stereocenters. The van der Waals surface area contributed by atoms with Crippen LogP contribution >= 0.6 is 0 Å². The molecule has 1 fully saturated rings. The Morgan fingerprint density at radius 3 is 2.52 bits per heavy atom. The minimum Gasteiger partial charge on any atom is -0.545 e. The minimum atomic E-state index is -1.23. The van der Waals surface area contributed by atoms with Crippen LogP contribution in [0.1, 0.15) is 54.5 Å². The van der Waals surface area contributed by atoms with Gasteiger partial charge in [0.05, 0.1) is 23.0 Å². The van der Waals surface area contributed by atoms with E-state index in [-0.39, 0.29) is 23.7 Å². The first-order valence-electron chi connectivity index (χ1n) is 10.7. The monoisotopic (exact) mass is 419 g/mol. The summed E-state index contributed by atoms with van der Waals surface area (Å²) < 4.78 is 2.13. The third-order valence-corrected chi connectivity index (χ3v) is 5.47. The molecule has 0 unspecified atom stereocenters. The van der Waals surface area contributed by atoms with Gasteiger partial charge in [-0.3, -0.25) is 0 Å². The Morgan fingerprint density at radius 2 is 1.87 bits per heavy atom. The third-order valence-electron chi connectivity index (χ3n) is 5.47. The van der Waals surface area contributed by atoms with E-state index in [1.54, 1.807) is 18.2 Å². The summed E-state index contributed by atoms with van der Waals surface area (Å²) in [5, 5.41) is 17.3. The molecule has 0 saturated heterocycles. The molecule has 0 bridgehead atoms. The first-order chi connectivity index (χ1) is 14.9. The topological polar surface area (TPSA) is 99.1 Å². The van der Waals surface area contributed by atoms with Gasteiger partial charge in [-0.1, -0.05) is 36.4 Å². The van der Waals surface area contributed by atoms with Crippen molar-refractivity contribution in [3.8, 4) is 0 Å². The van der Waals surface area contributed by atoms with Gasteiger partial charge in [-0.05, 0) is 62.3 Å². The van der Waals surface area contributed by atoms with Crippen LogP contribution in [-0.4, -0.2) is 27.6 Å². The van der Waals surface area contributed by atoms with Crippen molar-refractivity contribution in [2.24, 2.45) is 5.92 Å². The van der Waals surface area contributed by atoms with E-state index < -0.39 is 5.97 Å². The number of carboxylic acids is 1. The van der Waals surface area contributed by atoms with Gasteiger partial charge in [0.15, 0.2) is 0 Å². The number of urea groups is 1. The van der Waals surface area contributed by atoms with Crippen LogP contribution in [0.4, 0.5) is 4.79 Å². The summed E-state index contributed by atoms with van der Waals surface area (Å²) in [5.41, 5.74) is 2.65. The standard InChI is InChI=1S/C24H28N4O3/c1-15(2)25-24(31)27-20(12-16-6-4-3-5-7-16)22-26-19-13-18(23(29)30)10-11-21(19)28(22)14-17-8-9-17/h3-7,10-11,13,15,17,20H,8-9,12,14H2,1-2H3,(H,29,30)(H2,25,27,31)/p-1/t20-/m0/s1. The number of rotatable bonds is 8. The Bertz CT molecular complexity index is 1090. The molecule has 1 aliphatic rings. The Labute approximate surface area is 181 Å². The molecule has 1 aromatic heterocycles. The number of hydrogen-bond donors (Lipinski definition) is 2. The summed E-state index contributed by atoms with van der Waals surface area (Å²) in [5.74, 6) is 0.0921. The summed E-state index contributed by atoms with van der Waals surface area (Å²) in [4.78, 5) is 28.7. The molecule has 2 N–H and O–H groups in total. The normalized spacial score (nSPS) is 14.5. The fourth-order valence-corrected chi connectivity index (χ4v) is 3.81. The zero-order valence-corrected chi connectivity index (χ0v) is 17.8. The molecule has 0 aliphatic heterocycles. The number of carboxylic acid groups (broad SMARTS) is 1. The average Bonchev–Trinajstić information content (AvgIpc) is 3.47. The molecule has 4 rings (SSSR count). The highest BCUT2D eigenvalue weighted by Gasteiger charge is 2.28. The van der Waals surface area contributed by atoms with Crippen molar-refractivity contribution in [2.75, 3.05) is 0 Å². The molecule has 2 amide bonds. The first-order valence-corrected chi connectivity index (χ1v) is 10.7. The zero-order valence-electron chi connectivity index (χ0n) is 17.8. The highest BCUT2D eigenvalue weighted by Crippen LogP contribution is 2.34. The molecule has 7 nitrogen and oxygen atoms in total. The smallest absolute Gasteiger partial charge is 0.315 e. The molecule has 162 valence electrons. The van der Waals surface area contributed by atoms with Crippen molar-refractivity contribution in [3.05, 3.63) is 65.5 Å². The first kappa shape index (κ1) is 20.9. The van der Waals surface area contributed by atoms with Crippen LogP contribution in [-0.2, 0) is 13.0 Å². The van der Waals surface area contributed by atoms with Crippen LogP contribution < -0.4 is 15.7 Å². The zero-order chi connectivity index (χ0) is 22.0. The maximum absolute atomic E-state index is 12.6. The number of nitrogens with zero attached hydrogens (tertiary/aromatic N) is 2. The van der Waals surface area contributed by atoms with Gasteiger partial charge in [-0.2, -0.15) is 0 Å². The van der Waals surface area contributed by atoms with E-state index in [9.17, 15) is 14.7 Å². The molecular weight excluding hydrogens is 392 g/mol. The van der Waals surface area contributed by atoms with Gasteiger partial charge in [0, 0.05) is 12.6 Å². The Kier molecular flexibility index (Phi) is 5.93. The predicted octanol–water partition coefficient (Wildman–Crippen LogP) is 2.80.